The maximum absolute atomic E-state index is 12.7. The van der Waals surface area contributed by atoms with Crippen molar-refractivity contribution < 1.29 is 17.9 Å². The van der Waals surface area contributed by atoms with Crippen molar-refractivity contribution in [1.29, 1.82) is 0 Å². The van der Waals surface area contributed by atoms with E-state index in [1.54, 1.807) is 12.4 Å². The molecule has 146 valence electrons. The fourth-order valence-electron chi connectivity index (χ4n) is 3.30. The number of ether oxygens (including phenoxy) is 1. The molecule has 1 aromatic carbocycles. The zero-order valence-corrected chi connectivity index (χ0v) is 15.0. The van der Waals surface area contributed by atoms with E-state index < -0.39 is 11.7 Å². The highest BCUT2D eigenvalue weighted by Gasteiger charge is 2.30. The van der Waals surface area contributed by atoms with Gasteiger partial charge in [0.05, 0.1) is 36.7 Å². The summed E-state index contributed by atoms with van der Waals surface area (Å²) in [5, 5.41) is 0. The summed E-state index contributed by atoms with van der Waals surface area (Å²) in [6.45, 7) is 2.62. The Labute approximate surface area is 160 Å². The number of rotatable bonds is 4. The number of benzene rings is 1. The number of morpholine rings is 1. The molecule has 0 bridgehead atoms. The first-order chi connectivity index (χ1) is 13.5. The Morgan fingerprint density at radius 2 is 1.96 bits per heavy atom. The summed E-state index contributed by atoms with van der Waals surface area (Å²) < 4.78 is 43.9. The SMILES string of the molecule is FC(F)(F)c1ccc(-c2cnc([C@@H]3COCCN3Cc3cccnc3)[nH]2)cc1. The molecule has 28 heavy (non-hydrogen) atoms. The van der Waals surface area contributed by atoms with Gasteiger partial charge < -0.3 is 9.72 Å². The molecule has 8 heteroatoms. The first-order valence-corrected chi connectivity index (χ1v) is 8.94. The average molecular weight is 388 g/mol. The summed E-state index contributed by atoms with van der Waals surface area (Å²) in [5.74, 6) is 0.735. The van der Waals surface area contributed by atoms with E-state index in [9.17, 15) is 13.2 Å². The van der Waals surface area contributed by atoms with Crippen LogP contribution in [-0.4, -0.2) is 39.6 Å². The molecule has 3 aromatic rings. The first-order valence-electron chi connectivity index (χ1n) is 8.94. The lowest BCUT2D eigenvalue weighted by Gasteiger charge is -2.34. The van der Waals surface area contributed by atoms with Crippen molar-refractivity contribution in [3.8, 4) is 11.3 Å². The smallest absolute Gasteiger partial charge is 0.378 e. The summed E-state index contributed by atoms with van der Waals surface area (Å²) in [7, 11) is 0. The van der Waals surface area contributed by atoms with Gasteiger partial charge in [0.25, 0.3) is 0 Å². The Morgan fingerprint density at radius 1 is 1.14 bits per heavy atom. The molecule has 1 N–H and O–H groups in total. The van der Waals surface area contributed by atoms with Crippen LogP contribution >= 0.6 is 0 Å². The third-order valence-corrected chi connectivity index (χ3v) is 4.78. The topological polar surface area (TPSA) is 54.0 Å². The summed E-state index contributed by atoms with van der Waals surface area (Å²) >= 11 is 0. The van der Waals surface area contributed by atoms with E-state index in [1.807, 2.05) is 18.3 Å². The van der Waals surface area contributed by atoms with Gasteiger partial charge >= 0.3 is 6.18 Å². The molecule has 0 aliphatic carbocycles. The van der Waals surface area contributed by atoms with E-state index in [1.165, 1.54) is 12.1 Å². The quantitative estimate of drug-likeness (QED) is 0.732. The van der Waals surface area contributed by atoms with Crippen LogP contribution < -0.4 is 0 Å². The summed E-state index contributed by atoms with van der Waals surface area (Å²) in [4.78, 5) is 14.1. The van der Waals surface area contributed by atoms with Crippen LogP contribution in [0.3, 0.4) is 0 Å². The van der Waals surface area contributed by atoms with Crippen LogP contribution in [0.2, 0.25) is 0 Å². The number of hydrogen-bond acceptors (Lipinski definition) is 4. The lowest BCUT2D eigenvalue weighted by Crippen LogP contribution is -2.39. The van der Waals surface area contributed by atoms with Gasteiger partial charge in [-0.05, 0) is 29.3 Å². The standard InChI is InChI=1S/C20H19F3N4O/c21-20(22,23)16-5-3-15(4-6-16)17-11-25-19(26-17)18-13-28-9-8-27(18)12-14-2-1-7-24-10-14/h1-7,10-11,18H,8-9,12-13H2,(H,25,26)/t18-/m0/s1. The highest BCUT2D eigenvalue weighted by atomic mass is 19.4. The monoisotopic (exact) mass is 388 g/mol. The number of H-pyrrole nitrogens is 1. The fourth-order valence-corrected chi connectivity index (χ4v) is 3.30. The molecule has 0 saturated carbocycles. The second-order valence-electron chi connectivity index (χ2n) is 6.68. The Kier molecular flexibility index (Phi) is 5.15. The first kappa shape index (κ1) is 18.6. The number of alkyl halides is 3. The number of hydrogen-bond donors (Lipinski definition) is 1. The molecule has 2 aromatic heterocycles. The zero-order valence-electron chi connectivity index (χ0n) is 15.0. The van der Waals surface area contributed by atoms with Crippen molar-refractivity contribution >= 4 is 0 Å². The third-order valence-electron chi connectivity index (χ3n) is 4.78. The molecule has 1 saturated heterocycles. The normalized spacial score (nSPS) is 18.3. The van der Waals surface area contributed by atoms with Crippen molar-refractivity contribution in [2.45, 2.75) is 18.8 Å². The second-order valence-corrected chi connectivity index (χ2v) is 6.68. The van der Waals surface area contributed by atoms with Crippen LogP contribution in [0.5, 0.6) is 0 Å². The van der Waals surface area contributed by atoms with Gasteiger partial charge in [0.1, 0.15) is 5.82 Å². The van der Waals surface area contributed by atoms with Gasteiger partial charge in [-0.25, -0.2) is 4.98 Å². The summed E-state index contributed by atoms with van der Waals surface area (Å²) in [6, 6.07) is 8.92. The van der Waals surface area contributed by atoms with E-state index in [0.717, 1.165) is 36.6 Å². The van der Waals surface area contributed by atoms with Crippen LogP contribution in [0.25, 0.3) is 11.3 Å². The minimum atomic E-state index is -4.34. The van der Waals surface area contributed by atoms with Crippen LogP contribution in [0.1, 0.15) is 23.0 Å². The minimum absolute atomic E-state index is 0.0582. The molecular formula is C20H19F3N4O. The minimum Gasteiger partial charge on any atom is -0.378 e. The van der Waals surface area contributed by atoms with Gasteiger partial charge in [0.15, 0.2) is 0 Å². The molecule has 0 unspecified atom stereocenters. The van der Waals surface area contributed by atoms with Gasteiger partial charge in [-0.15, -0.1) is 0 Å². The second kappa shape index (κ2) is 7.73. The van der Waals surface area contributed by atoms with Crippen LogP contribution in [0.4, 0.5) is 13.2 Å². The van der Waals surface area contributed by atoms with Crippen LogP contribution in [-0.2, 0) is 17.5 Å². The van der Waals surface area contributed by atoms with Crippen LogP contribution in [0.15, 0.2) is 55.0 Å². The fraction of sp³-hybridized carbons (Fsp3) is 0.300. The maximum atomic E-state index is 12.7. The summed E-state index contributed by atoms with van der Waals surface area (Å²) in [6.07, 6.45) is 0.879. The van der Waals surface area contributed by atoms with Gasteiger partial charge in [-0.1, -0.05) is 18.2 Å². The molecule has 1 fully saturated rings. The Morgan fingerprint density at radius 3 is 2.68 bits per heavy atom. The van der Waals surface area contributed by atoms with Crippen molar-refractivity contribution in [3.05, 3.63) is 71.9 Å². The van der Waals surface area contributed by atoms with Crippen molar-refractivity contribution in [1.82, 2.24) is 19.9 Å². The number of nitrogens with zero attached hydrogens (tertiary/aromatic N) is 3. The van der Waals surface area contributed by atoms with Gasteiger partial charge in [0.2, 0.25) is 0 Å². The van der Waals surface area contributed by atoms with E-state index >= 15 is 0 Å². The lowest BCUT2D eigenvalue weighted by atomic mass is 10.1. The predicted octanol–water partition coefficient (Wildman–Crippen LogP) is 4.06. The molecule has 4 rings (SSSR count). The van der Waals surface area contributed by atoms with Gasteiger partial charge in [0, 0.05) is 25.5 Å². The summed E-state index contributed by atoms with van der Waals surface area (Å²) in [5.41, 5.74) is 1.76. The number of nitrogens with one attached hydrogen (secondary N) is 1. The van der Waals surface area contributed by atoms with E-state index in [4.69, 9.17) is 4.74 Å². The Hall–Kier alpha value is -2.71. The third kappa shape index (κ3) is 4.07. The highest BCUT2D eigenvalue weighted by Crippen LogP contribution is 2.31. The largest absolute Gasteiger partial charge is 0.416 e. The Balaban J connectivity index is 1.53. The molecule has 0 spiro atoms. The number of halogens is 3. The molecular weight excluding hydrogens is 369 g/mol. The van der Waals surface area contributed by atoms with E-state index in [-0.39, 0.29) is 6.04 Å². The number of aromatic amines is 1. The van der Waals surface area contributed by atoms with Crippen LogP contribution in [0, 0.1) is 0 Å². The molecule has 3 heterocycles. The Bertz CT molecular complexity index is 909. The number of aromatic nitrogens is 3. The molecule has 1 atom stereocenters. The molecule has 1 aliphatic heterocycles. The molecule has 0 radical (unpaired) electrons. The van der Waals surface area contributed by atoms with Gasteiger partial charge in [-0.2, -0.15) is 13.2 Å². The van der Waals surface area contributed by atoms with E-state index in [0.29, 0.717) is 24.5 Å². The number of pyridine rings is 1. The van der Waals surface area contributed by atoms with E-state index in [2.05, 4.69) is 19.9 Å². The predicted molar refractivity (Wildman–Crippen MR) is 97.2 cm³/mol. The maximum Gasteiger partial charge on any atom is 0.416 e. The van der Waals surface area contributed by atoms with Crippen molar-refractivity contribution in [2.75, 3.05) is 19.8 Å². The molecule has 1 aliphatic rings. The zero-order chi connectivity index (χ0) is 19.6. The average Bonchev–Trinajstić information content (AvgIpc) is 3.19. The molecule has 0 amide bonds. The van der Waals surface area contributed by atoms with Gasteiger partial charge in [-0.3, -0.25) is 9.88 Å². The van der Waals surface area contributed by atoms with Crippen molar-refractivity contribution in [2.24, 2.45) is 0 Å². The molecule has 5 nitrogen and oxygen atoms in total. The lowest BCUT2D eigenvalue weighted by molar-refractivity contribution is -0.137. The van der Waals surface area contributed by atoms with Crippen molar-refractivity contribution in [3.63, 3.8) is 0 Å². The number of imidazole rings is 1. The highest BCUT2D eigenvalue weighted by molar-refractivity contribution is 5.59.